The summed E-state index contributed by atoms with van der Waals surface area (Å²) in [5.41, 5.74) is 1.09. The molecule has 0 radical (unpaired) electrons. The van der Waals surface area contributed by atoms with Gasteiger partial charge in [0, 0.05) is 5.02 Å². The van der Waals surface area contributed by atoms with E-state index in [9.17, 15) is 14.4 Å². The van der Waals surface area contributed by atoms with Gasteiger partial charge in [0.2, 0.25) is 0 Å². The molecule has 0 saturated carbocycles. The fourth-order valence-corrected chi connectivity index (χ4v) is 2.69. The van der Waals surface area contributed by atoms with Crippen molar-refractivity contribution >= 4 is 35.1 Å². The molecular formula is C17H12ClNO4. The second kappa shape index (κ2) is 5.85. The van der Waals surface area contributed by atoms with Crippen LogP contribution in [-0.2, 0) is 4.74 Å². The number of halogens is 1. The zero-order valence-electron chi connectivity index (χ0n) is 12.2. The van der Waals surface area contributed by atoms with Crippen molar-refractivity contribution < 1.29 is 19.1 Å². The first kappa shape index (κ1) is 15.2. The third-order valence-corrected chi connectivity index (χ3v) is 3.66. The quantitative estimate of drug-likeness (QED) is 0.640. The number of nitrogens with zero attached hydrogens (tertiary/aromatic N) is 1. The minimum absolute atomic E-state index is 0.186. The number of esters is 1. The predicted octanol–water partition coefficient (Wildman–Crippen LogP) is 3.32. The fourth-order valence-electron chi connectivity index (χ4n) is 2.46. The first-order valence-electron chi connectivity index (χ1n) is 6.98. The van der Waals surface area contributed by atoms with Crippen molar-refractivity contribution in [1.82, 2.24) is 0 Å². The Morgan fingerprint density at radius 3 is 2.26 bits per heavy atom. The zero-order chi connectivity index (χ0) is 16.6. The van der Waals surface area contributed by atoms with Crippen molar-refractivity contribution in [2.24, 2.45) is 0 Å². The lowest BCUT2D eigenvalue weighted by Crippen LogP contribution is -2.29. The second-order valence-corrected chi connectivity index (χ2v) is 5.35. The van der Waals surface area contributed by atoms with E-state index >= 15 is 0 Å². The number of carbonyl (C=O) groups excluding carboxylic acids is 3. The Labute approximate surface area is 137 Å². The van der Waals surface area contributed by atoms with E-state index in [1.807, 2.05) is 0 Å². The van der Waals surface area contributed by atoms with Gasteiger partial charge in [-0.3, -0.25) is 9.59 Å². The minimum atomic E-state index is -0.562. The maximum absolute atomic E-state index is 12.5. The molecule has 0 bridgehead atoms. The number of imide groups is 1. The van der Waals surface area contributed by atoms with Crippen LogP contribution in [0.25, 0.3) is 0 Å². The Morgan fingerprint density at radius 1 is 1.09 bits per heavy atom. The summed E-state index contributed by atoms with van der Waals surface area (Å²) in [6.45, 7) is 1.90. The summed E-state index contributed by atoms with van der Waals surface area (Å²) in [6.07, 6.45) is 0. The Hall–Kier alpha value is -2.66. The monoisotopic (exact) mass is 329 g/mol. The topological polar surface area (TPSA) is 63.7 Å². The van der Waals surface area contributed by atoms with Gasteiger partial charge in [-0.2, -0.15) is 0 Å². The Kier molecular flexibility index (Phi) is 3.88. The average Bonchev–Trinajstić information content (AvgIpc) is 2.79. The van der Waals surface area contributed by atoms with Gasteiger partial charge in [-0.05, 0) is 37.3 Å². The van der Waals surface area contributed by atoms with Crippen LogP contribution in [-0.4, -0.2) is 24.4 Å². The highest BCUT2D eigenvalue weighted by Gasteiger charge is 2.36. The van der Waals surface area contributed by atoms with Gasteiger partial charge in [-0.1, -0.05) is 23.7 Å². The Morgan fingerprint density at radius 2 is 1.70 bits per heavy atom. The zero-order valence-corrected chi connectivity index (χ0v) is 13.0. The summed E-state index contributed by atoms with van der Waals surface area (Å²) >= 11 is 6.02. The maximum atomic E-state index is 12.5. The standard InChI is InChI=1S/C17H12ClNO4/c1-2-23-17(22)10-7-11(18)9-12(8-10)19-15(20)13-5-3-4-6-14(13)16(19)21/h3-9H,2H2,1H3. The first-order valence-corrected chi connectivity index (χ1v) is 7.36. The Bertz CT molecular complexity index is 796. The summed E-state index contributed by atoms with van der Waals surface area (Å²) in [5.74, 6) is -1.45. The summed E-state index contributed by atoms with van der Waals surface area (Å²) in [5, 5.41) is 0.238. The molecule has 0 aromatic heterocycles. The molecule has 2 amide bonds. The van der Waals surface area contributed by atoms with Crippen LogP contribution < -0.4 is 4.90 Å². The molecule has 0 spiro atoms. The third kappa shape index (κ3) is 2.59. The highest BCUT2D eigenvalue weighted by Crippen LogP contribution is 2.31. The van der Waals surface area contributed by atoms with E-state index in [4.69, 9.17) is 16.3 Å². The number of hydrogen-bond donors (Lipinski definition) is 0. The van der Waals surface area contributed by atoms with Crippen LogP contribution in [0.2, 0.25) is 5.02 Å². The van der Waals surface area contributed by atoms with E-state index in [1.165, 1.54) is 18.2 Å². The number of ether oxygens (including phenoxy) is 1. The first-order chi connectivity index (χ1) is 11.0. The summed E-state index contributed by atoms with van der Waals surface area (Å²) < 4.78 is 4.93. The van der Waals surface area contributed by atoms with Gasteiger partial charge >= 0.3 is 5.97 Å². The second-order valence-electron chi connectivity index (χ2n) is 4.91. The maximum Gasteiger partial charge on any atom is 0.338 e. The number of anilines is 1. The summed E-state index contributed by atoms with van der Waals surface area (Å²) in [7, 11) is 0. The van der Waals surface area contributed by atoms with Gasteiger partial charge in [-0.15, -0.1) is 0 Å². The number of hydrogen-bond acceptors (Lipinski definition) is 4. The summed E-state index contributed by atoms with van der Waals surface area (Å²) in [6, 6.07) is 10.9. The third-order valence-electron chi connectivity index (χ3n) is 3.45. The molecule has 0 aliphatic carbocycles. The predicted molar refractivity (Wildman–Crippen MR) is 85.0 cm³/mol. The normalized spacial score (nSPS) is 13.2. The van der Waals surface area contributed by atoms with Crippen LogP contribution in [0.1, 0.15) is 38.0 Å². The van der Waals surface area contributed by atoms with E-state index < -0.39 is 17.8 Å². The number of carbonyl (C=O) groups is 3. The van der Waals surface area contributed by atoms with Crippen LogP contribution in [0, 0.1) is 0 Å². The molecule has 0 saturated heterocycles. The molecule has 5 nitrogen and oxygen atoms in total. The van der Waals surface area contributed by atoms with Crippen molar-refractivity contribution in [1.29, 1.82) is 0 Å². The molecule has 2 aromatic carbocycles. The number of amides is 2. The molecule has 0 atom stereocenters. The lowest BCUT2D eigenvalue weighted by Gasteiger charge is -2.15. The van der Waals surface area contributed by atoms with E-state index in [-0.39, 0.29) is 22.9 Å². The molecule has 1 heterocycles. The van der Waals surface area contributed by atoms with Crippen molar-refractivity contribution in [3.63, 3.8) is 0 Å². The van der Waals surface area contributed by atoms with Crippen molar-refractivity contribution in [2.75, 3.05) is 11.5 Å². The smallest absolute Gasteiger partial charge is 0.338 e. The largest absolute Gasteiger partial charge is 0.462 e. The highest BCUT2D eigenvalue weighted by atomic mass is 35.5. The summed E-state index contributed by atoms with van der Waals surface area (Å²) in [4.78, 5) is 37.8. The van der Waals surface area contributed by atoms with Crippen LogP contribution >= 0.6 is 11.6 Å². The number of benzene rings is 2. The molecule has 0 fully saturated rings. The lowest BCUT2D eigenvalue weighted by molar-refractivity contribution is 0.0525. The molecular weight excluding hydrogens is 318 g/mol. The van der Waals surface area contributed by atoms with Gasteiger partial charge < -0.3 is 4.74 Å². The minimum Gasteiger partial charge on any atom is -0.462 e. The Balaban J connectivity index is 2.05. The van der Waals surface area contributed by atoms with Gasteiger partial charge in [0.1, 0.15) is 0 Å². The molecule has 0 N–H and O–H groups in total. The fraction of sp³-hybridized carbons (Fsp3) is 0.118. The van der Waals surface area contributed by atoms with E-state index in [0.29, 0.717) is 11.1 Å². The highest BCUT2D eigenvalue weighted by molar-refractivity contribution is 6.35. The van der Waals surface area contributed by atoms with E-state index in [2.05, 4.69) is 0 Å². The number of fused-ring (bicyclic) bond motifs is 1. The van der Waals surface area contributed by atoms with Crippen molar-refractivity contribution in [2.45, 2.75) is 6.92 Å². The van der Waals surface area contributed by atoms with Crippen LogP contribution in [0.4, 0.5) is 5.69 Å². The average molecular weight is 330 g/mol. The van der Waals surface area contributed by atoms with Crippen LogP contribution in [0.3, 0.4) is 0 Å². The molecule has 0 unspecified atom stereocenters. The van der Waals surface area contributed by atoms with Gasteiger partial charge in [0.15, 0.2) is 0 Å². The molecule has 116 valence electrons. The van der Waals surface area contributed by atoms with E-state index in [0.717, 1.165) is 4.90 Å². The molecule has 3 rings (SSSR count). The van der Waals surface area contributed by atoms with Gasteiger partial charge in [0.05, 0.1) is 29.0 Å². The van der Waals surface area contributed by atoms with E-state index in [1.54, 1.807) is 31.2 Å². The van der Waals surface area contributed by atoms with Gasteiger partial charge in [-0.25, -0.2) is 9.69 Å². The van der Waals surface area contributed by atoms with Crippen molar-refractivity contribution in [3.8, 4) is 0 Å². The molecule has 23 heavy (non-hydrogen) atoms. The van der Waals surface area contributed by atoms with Crippen LogP contribution in [0.15, 0.2) is 42.5 Å². The SMILES string of the molecule is CCOC(=O)c1cc(Cl)cc(N2C(=O)c3ccccc3C2=O)c1. The van der Waals surface area contributed by atoms with Crippen molar-refractivity contribution in [3.05, 3.63) is 64.2 Å². The molecule has 2 aromatic rings. The van der Waals surface area contributed by atoms with Gasteiger partial charge in [0.25, 0.3) is 11.8 Å². The van der Waals surface area contributed by atoms with Crippen LogP contribution in [0.5, 0.6) is 0 Å². The number of rotatable bonds is 3. The molecule has 1 aliphatic heterocycles. The molecule has 1 aliphatic rings. The molecule has 6 heteroatoms. The lowest BCUT2D eigenvalue weighted by atomic mass is 10.1.